The first kappa shape index (κ1) is 24.5. The third kappa shape index (κ3) is 15.2. The first-order valence-electron chi connectivity index (χ1n) is 7.20. The lowest BCUT2D eigenvalue weighted by molar-refractivity contribution is 0.0914. The Morgan fingerprint density at radius 1 is 0.864 bits per heavy atom. The van der Waals surface area contributed by atoms with E-state index >= 15 is 0 Å². The summed E-state index contributed by atoms with van der Waals surface area (Å²) >= 11 is 0. The Morgan fingerprint density at radius 3 is 1.23 bits per heavy atom. The standard InChI is InChI=1S/C7H16FO2P.C7H17O3P/c2*1-6(7(2,3)4)10-11(5,8)9/h6H,1-5H3;6H,1-5H3,(H,8,9). The molecule has 0 aliphatic carbocycles. The Balaban J connectivity index is 0. The molecule has 136 valence electrons. The van der Waals surface area contributed by atoms with E-state index in [9.17, 15) is 13.3 Å². The van der Waals surface area contributed by atoms with E-state index in [2.05, 4.69) is 0 Å². The summed E-state index contributed by atoms with van der Waals surface area (Å²) in [6.07, 6.45) is -0.535. The molecule has 0 rings (SSSR count). The van der Waals surface area contributed by atoms with Gasteiger partial charge in [0.15, 0.2) is 0 Å². The minimum atomic E-state index is -3.82. The molecular weight excluding hydrogens is 329 g/mol. The average molecular weight is 362 g/mol. The van der Waals surface area contributed by atoms with Gasteiger partial charge in [-0.1, -0.05) is 41.5 Å². The molecule has 0 radical (unpaired) electrons. The Labute approximate surface area is 135 Å². The molecule has 0 saturated carbocycles. The van der Waals surface area contributed by atoms with Gasteiger partial charge in [-0.05, 0) is 24.7 Å². The van der Waals surface area contributed by atoms with Crippen LogP contribution in [-0.2, 0) is 18.2 Å². The predicted octanol–water partition coefficient (Wildman–Crippen LogP) is 5.48. The van der Waals surface area contributed by atoms with Gasteiger partial charge in [0.2, 0.25) is 0 Å². The van der Waals surface area contributed by atoms with Crippen molar-refractivity contribution in [2.45, 2.75) is 67.6 Å². The molecule has 0 bridgehead atoms. The Morgan fingerprint density at radius 2 is 1.14 bits per heavy atom. The largest absolute Gasteiger partial charge is 0.364 e. The molecule has 0 aliphatic heterocycles. The summed E-state index contributed by atoms with van der Waals surface area (Å²) in [7, 11) is -7.14. The molecule has 5 nitrogen and oxygen atoms in total. The van der Waals surface area contributed by atoms with Crippen LogP contribution in [0.1, 0.15) is 55.4 Å². The van der Waals surface area contributed by atoms with Crippen LogP contribution in [0.15, 0.2) is 0 Å². The van der Waals surface area contributed by atoms with E-state index in [4.69, 9.17) is 13.9 Å². The highest BCUT2D eigenvalue weighted by atomic mass is 31.2. The van der Waals surface area contributed by atoms with Crippen molar-refractivity contribution in [3.63, 3.8) is 0 Å². The third-order valence-corrected chi connectivity index (χ3v) is 4.54. The molecule has 8 heteroatoms. The van der Waals surface area contributed by atoms with E-state index in [1.807, 2.05) is 41.5 Å². The topological polar surface area (TPSA) is 72.8 Å². The molecule has 0 fully saturated rings. The molecule has 1 N–H and O–H groups in total. The van der Waals surface area contributed by atoms with Crippen molar-refractivity contribution in [1.82, 2.24) is 0 Å². The molecule has 0 aromatic heterocycles. The van der Waals surface area contributed by atoms with E-state index < -0.39 is 15.3 Å². The Bertz CT molecular complexity index is 374. The van der Waals surface area contributed by atoms with Gasteiger partial charge in [0.1, 0.15) is 0 Å². The van der Waals surface area contributed by atoms with Crippen molar-refractivity contribution in [3.05, 3.63) is 0 Å². The molecular formula is C14H33FO5P2. The Hall–Kier alpha value is 0.270. The number of rotatable bonds is 4. The van der Waals surface area contributed by atoms with Crippen LogP contribution < -0.4 is 0 Å². The summed E-state index contributed by atoms with van der Waals surface area (Å²) in [4.78, 5) is 8.88. The number of hydrogen-bond donors (Lipinski definition) is 1. The van der Waals surface area contributed by atoms with E-state index in [1.54, 1.807) is 13.8 Å². The highest BCUT2D eigenvalue weighted by Crippen LogP contribution is 2.47. The second-order valence-electron chi connectivity index (χ2n) is 7.78. The number of halogens is 1. The lowest BCUT2D eigenvalue weighted by Crippen LogP contribution is -2.24. The smallest absolute Gasteiger partial charge is 0.324 e. The van der Waals surface area contributed by atoms with Crippen molar-refractivity contribution < 1.29 is 27.3 Å². The molecule has 0 heterocycles. The number of hydrogen-bond acceptors (Lipinski definition) is 4. The molecule has 0 spiro atoms. The van der Waals surface area contributed by atoms with Crippen LogP contribution in [0.25, 0.3) is 0 Å². The van der Waals surface area contributed by atoms with Crippen molar-refractivity contribution in [2.75, 3.05) is 13.3 Å². The average Bonchev–Trinajstić information content (AvgIpc) is 2.09. The van der Waals surface area contributed by atoms with Crippen molar-refractivity contribution in [2.24, 2.45) is 10.8 Å². The highest BCUT2D eigenvalue weighted by Gasteiger charge is 2.27. The van der Waals surface area contributed by atoms with Gasteiger partial charge >= 0.3 is 15.3 Å². The molecule has 0 amide bonds. The lowest BCUT2D eigenvalue weighted by atomic mass is 9.91. The van der Waals surface area contributed by atoms with Gasteiger partial charge in [-0.25, -0.2) is 0 Å². The van der Waals surface area contributed by atoms with Crippen LogP contribution in [0.5, 0.6) is 0 Å². The van der Waals surface area contributed by atoms with Crippen LogP contribution in [0, 0.1) is 10.8 Å². The molecule has 0 aliphatic rings. The van der Waals surface area contributed by atoms with Gasteiger partial charge in [-0.3, -0.25) is 9.13 Å². The third-order valence-electron chi connectivity index (χ3n) is 3.14. The van der Waals surface area contributed by atoms with Gasteiger partial charge in [0, 0.05) is 13.3 Å². The second-order valence-corrected chi connectivity index (χ2v) is 11.3. The van der Waals surface area contributed by atoms with Crippen molar-refractivity contribution in [1.29, 1.82) is 0 Å². The van der Waals surface area contributed by atoms with Crippen LogP contribution in [0.2, 0.25) is 0 Å². The fourth-order valence-corrected chi connectivity index (χ4v) is 2.68. The molecule has 4 atom stereocenters. The second kappa shape index (κ2) is 8.39. The van der Waals surface area contributed by atoms with Gasteiger partial charge in [-0.15, -0.1) is 0 Å². The summed E-state index contributed by atoms with van der Waals surface area (Å²) in [5.74, 6) is 0. The summed E-state index contributed by atoms with van der Waals surface area (Å²) in [5.41, 5.74) is -0.258. The molecule has 0 aromatic carbocycles. The van der Waals surface area contributed by atoms with Gasteiger partial charge in [0.25, 0.3) is 0 Å². The predicted molar refractivity (Wildman–Crippen MR) is 90.4 cm³/mol. The zero-order valence-corrected chi connectivity index (χ0v) is 17.3. The maximum absolute atomic E-state index is 12.5. The van der Waals surface area contributed by atoms with Crippen LogP contribution in [-0.4, -0.2) is 30.4 Å². The molecule has 0 aromatic rings. The van der Waals surface area contributed by atoms with Crippen LogP contribution in [0.4, 0.5) is 4.20 Å². The van der Waals surface area contributed by atoms with E-state index in [0.29, 0.717) is 0 Å². The quantitative estimate of drug-likeness (QED) is 0.670. The SMILES string of the molecule is CC(OP(C)(=O)F)C(C)(C)C.CC(OP(C)(=O)O)C(C)(C)C. The first-order chi connectivity index (χ1) is 9.26. The monoisotopic (exact) mass is 362 g/mol. The maximum atomic E-state index is 12.5. The fraction of sp³-hybridized carbons (Fsp3) is 1.00. The molecule has 0 saturated heterocycles. The fourth-order valence-electron chi connectivity index (χ4n) is 0.892. The summed E-state index contributed by atoms with van der Waals surface area (Å²) < 4.78 is 43.5. The van der Waals surface area contributed by atoms with Crippen molar-refractivity contribution >= 4 is 15.3 Å². The van der Waals surface area contributed by atoms with Gasteiger partial charge in [0.05, 0.1) is 12.2 Å². The molecule has 22 heavy (non-hydrogen) atoms. The maximum Gasteiger partial charge on any atom is 0.364 e. The van der Waals surface area contributed by atoms with E-state index in [-0.39, 0.29) is 23.0 Å². The summed E-state index contributed by atoms with van der Waals surface area (Å²) in [6.45, 7) is 17.3. The van der Waals surface area contributed by atoms with E-state index in [1.165, 1.54) is 6.66 Å². The minimum Gasteiger partial charge on any atom is -0.324 e. The first-order valence-corrected chi connectivity index (χ1v) is 11.2. The molecule has 4 unspecified atom stereocenters. The zero-order valence-electron chi connectivity index (χ0n) is 15.5. The summed E-state index contributed by atoms with van der Waals surface area (Å²) in [6, 6.07) is 0. The van der Waals surface area contributed by atoms with Gasteiger partial charge in [-0.2, -0.15) is 4.20 Å². The van der Waals surface area contributed by atoms with Crippen molar-refractivity contribution in [3.8, 4) is 0 Å². The zero-order chi connectivity index (χ0) is 18.6. The van der Waals surface area contributed by atoms with Gasteiger partial charge < -0.3 is 13.9 Å². The summed E-state index contributed by atoms with van der Waals surface area (Å²) in [5, 5.41) is 0. The van der Waals surface area contributed by atoms with Crippen LogP contribution in [0.3, 0.4) is 0 Å². The normalized spacial score (nSPS) is 20.9. The lowest BCUT2D eigenvalue weighted by Gasteiger charge is -2.27. The highest BCUT2D eigenvalue weighted by molar-refractivity contribution is 7.52. The Kier molecular flexibility index (Phi) is 9.35. The minimum absolute atomic E-state index is 0.0889. The van der Waals surface area contributed by atoms with Crippen LogP contribution >= 0.6 is 15.3 Å². The van der Waals surface area contributed by atoms with E-state index in [0.717, 1.165) is 6.66 Å².